The molecule has 0 aromatic rings. The SMILES string of the molecule is CNC(=O)C(=C[N+](=O)[O-])OC. The minimum absolute atomic E-state index is 0.322. The van der Waals surface area contributed by atoms with Crippen LogP contribution < -0.4 is 5.32 Å². The molecule has 0 unspecified atom stereocenters. The number of likely N-dealkylation sites (N-methyl/N-ethyl adjacent to an activating group) is 1. The smallest absolute Gasteiger partial charge is 0.292 e. The summed E-state index contributed by atoms with van der Waals surface area (Å²) in [5.41, 5.74) is 0. The molecule has 0 spiro atoms. The molecular formula is C5H8N2O4. The van der Waals surface area contributed by atoms with Crippen LogP contribution in [0, 0.1) is 10.1 Å². The Bertz CT molecular complexity index is 199. The Morgan fingerprint density at radius 3 is 2.55 bits per heavy atom. The second-order valence-corrected chi connectivity index (χ2v) is 1.56. The normalized spacial score (nSPS) is 10.5. The summed E-state index contributed by atoms with van der Waals surface area (Å²) in [6.07, 6.45) is 0.499. The van der Waals surface area contributed by atoms with E-state index in [4.69, 9.17) is 0 Å². The van der Waals surface area contributed by atoms with Gasteiger partial charge in [0.2, 0.25) is 0 Å². The largest absolute Gasteiger partial charge is 0.487 e. The Labute approximate surface area is 63.0 Å². The maximum atomic E-state index is 10.7. The molecule has 0 rings (SSSR count). The quantitative estimate of drug-likeness (QED) is 0.261. The number of hydrogen-bond acceptors (Lipinski definition) is 4. The molecule has 0 fully saturated rings. The van der Waals surface area contributed by atoms with Crippen LogP contribution in [-0.4, -0.2) is 25.0 Å². The first-order valence-electron chi connectivity index (χ1n) is 2.73. The highest BCUT2D eigenvalue weighted by atomic mass is 16.6. The summed E-state index contributed by atoms with van der Waals surface area (Å²) in [5, 5.41) is 12.0. The second kappa shape index (κ2) is 4.26. The van der Waals surface area contributed by atoms with Gasteiger partial charge in [-0.1, -0.05) is 0 Å². The van der Waals surface area contributed by atoms with Crippen molar-refractivity contribution in [3.63, 3.8) is 0 Å². The van der Waals surface area contributed by atoms with Crippen LogP contribution in [-0.2, 0) is 9.53 Å². The average Bonchev–Trinajstić information content (AvgIpc) is 1.98. The average molecular weight is 160 g/mol. The number of hydrogen-bond donors (Lipinski definition) is 1. The van der Waals surface area contributed by atoms with Gasteiger partial charge in [-0.2, -0.15) is 0 Å². The van der Waals surface area contributed by atoms with E-state index in [0.29, 0.717) is 6.20 Å². The molecule has 0 aromatic carbocycles. The predicted molar refractivity (Wildman–Crippen MR) is 36.2 cm³/mol. The Morgan fingerprint density at radius 2 is 2.27 bits per heavy atom. The molecule has 6 nitrogen and oxygen atoms in total. The Hall–Kier alpha value is -1.59. The number of ether oxygens (including phenoxy) is 1. The van der Waals surface area contributed by atoms with Crippen LogP contribution >= 0.6 is 0 Å². The predicted octanol–water partition coefficient (Wildman–Crippen LogP) is -0.503. The summed E-state index contributed by atoms with van der Waals surface area (Å²) in [6.45, 7) is 0. The summed E-state index contributed by atoms with van der Waals surface area (Å²) in [7, 11) is 2.54. The summed E-state index contributed by atoms with van der Waals surface area (Å²) in [6, 6.07) is 0. The number of carbonyl (C=O) groups excluding carboxylic acids is 1. The van der Waals surface area contributed by atoms with Crippen LogP contribution in [0.3, 0.4) is 0 Å². The van der Waals surface area contributed by atoms with Gasteiger partial charge in [-0.3, -0.25) is 14.9 Å². The fraction of sp³-hybridized carbons (Fsp3) is 0.400. The molecule has 62 valence electrons. The monoisotopic (exact) mass is 160 g/mol. The molecule has 0 bridgehead atoms. The van der Waals surface area contributed by atoms with Crippen LogP contribution in [0.4, 0.5) is 0 Å². The Morgan fingerprint density at radius 1 is 1.73 bits per heavy atom. The molecule has 0 aromatic heterocycles. The lowest BCUT2D eigenvalue weighted by Gasteiger charge is -1.99. The van der Waals surface area contributed by atoms with E-state index < -0.39 is 10.8 Å². The summed E-state index contributed by atoms with van der Waals surface area (Å²) < 4.78 is 4.42. The van der Waals surface area contributed by atoms with E-state index in [1.165, 1.54) is 14.2 Å². The topological polar surface area (TPSA) is 81.5 Å². The van der Waals surface area contributed by atoms with E-state index in [2.05, 4.69) is 10.1 Å². The first kappa shape index (κ1) is 9.41. The van der Waals surface area contributed by atoms with E-state index in [0.717, 1.165) is 0 Å². The number of nitrogens with zero attached hydrogens (tertiary/aromatic N) is 1. The van der Waals surface area contributed by atoms with Crippen molar-refractivity contribution >= 4 is 5.91 Å². The van der Waals surface area contributed by atoms with Crippen LogP contribution in [0.15, 0.2) is 12.0 Å². The van der Waals surface area contributed by atoms with Crippen LogP contribution in [0.1, 0.15) is 0 Å². The van der Waals surface area contributed by atoms with Gasteiger partial charge in [0.15, 0.2) is 0 Å². The van der Waals surface area contributed by atoms with E-state index in [9.17, 15) is 14.9 Å². The van der Waals surface area contributed by atoms with E-state index in [1.54, 1.807) is 0 Å². The summed E-state index contributed by atoms with van der Waals surface area (Å²) >= 11 is 0. The van der Waals surface area contributed by atoms with Gasteiger partial charge in [0.1, 0.15) is 0 Å². The third-order valence-electron chi connectivity index (χ3n) is 0.893. The van der Waals surface area contributed by atoms with Gasteiger partial charge in [0.05, 0.1) is 12.0 Å². The molecule has 0 heterocycles. The van der Waals surface area contributed by atoms with E-state index >= 15 is 0 Å². The van der Waals surface area contributed by atoms with Crippen molar-refractivity contribution < 1.29 is 14.5 Å². The first-order valence-corrected chi connectivity index (χ1v) is 2.73. The van der Waals surface area contributed by atoms with Gasteiger partial charge in [-0.15, -0.1) is 0 Å². The van der Waals surface area contributed by atoms with Crippen molar-refractivity contribution in [2.75, 3.05) is 14.2 Å². The summed E-state index contributed by atoms with van der Waals surface area (Å²) in [4.78, 5) is 19.8. The van der Waals surface area contributed by atoms with Crippen molar-refractivity contribution in [3.8, 4) is 0 Å². The summed E-state index contributed by atoms with van der Waals surface area (Å²) in [5.74, 6) is -0.943. The highest BCUT2D eigenvalue weighted by Gasteiger charge is 2.11. The van der Waals surface area contributed by atoms with Crippen molar-refractivity contribution in [1.29, 1.82) is 0 Å². The lowest BCUT2D eigenvalue weighted by molar-refractivity contribution is -0.404. The third kappa shape index (κ3) is 3.19. The first-order chi connectivity index (χ1) is 5.11. The van der Waals surface area contributed by atoms with Crippen LogP contribution in [0.5, 0.6) is 0 Å². The van der Waals surface area contributed by atoms with Crippen LogP contribution in [0.2, 0.25) is 0 Å². The number of carbonyl (C=O) groups is 1. The highest BCUT2D eigenvalue weighted by Crippen LogP contribution is 1.93. The number of rotatable bonds is 3. The standard InChI is InChI=1S/C5H8N2O4/c1-6-5(8)4(11-2)3-7(9)10/h3H,1-2H3,(H,6,8). The number of amides is 1. The molecule has 0 aliphatic carbocycles. The van der Waals surface area contributed by atoms with Crippen molar-refractivity contribution in [1.82, 2.24) is 5.32 Å². The van der Waals surface area contributed by atoms with Gasteiger partial charge in [0, 0.05) is 7.05 Å². The third-order valence-corrected chi connectivity index (χ3v) is 0.893. The lowest BCUT2D eigenvalue weighted by atomic mass is 10.5. The molecule has 0 aliphatic heterocycles. The lowest BCUT2D eigenvalue weighted by Crippen LogP contribution is -2.21. The van der Waals surface area contributed by atoms with Crippen LogP contribution in [0.25, 0.3) is 0 Å². The Kier molecular flexibility index (Phi) is 3.65. The van der Waals surface area contributed by atoms with Gasteiger partial charge in [-0.05, 0) is 0 Å². The minimum Gasteiger partial charge on any atom is -0.487 e. The number of nitrogens with one attached hydrogen (secondary N) is 1. The Balaban J connectivity index is 4.39. The molecule has 0 saturated carbocycles. The molecule has 11 heavy (non-hydrogen) atoms. The van der Waals surface area contributed by atoms with E-state index in [-0.39, 0.29) is 5.76 Å². The van der Waals surface area contributed by atoms with Crippen molar-refractivity contribution in [2.45, 2.75) is 0 Å². The van der Waals surface area contributed by atoms with E-state index in [1.807, 2.05) is 0 Å². The van der Waals surface area contributed by atoms with Gasteiger partial charge in [0.25, 0.3) is 17.9 Å². The van der Waals surface area contributed by atoms with Crippen molar-refractivity contribution in [3.05, 3.63) is 22.1 Å². The van der Waals surface area contributed by atoms with Gasteiger partial charge in [-0.25, -0.2) is 0 Å². The zero-order chi connectivity index (χ0) is 8.85. The molecule has 0 saturated heterocycles. The maximum absolute atomic E-state index is 10.7. The maximum Gasteiger partial charge on any atom is 0.292 e. The fourth-order valence-electron chi connectivity index (χ4n) is 0.423. The molecule has 0 atom stereocenters. The number of nitro groups is 1. The van der Waals surface area contributed by atoms with Gasteiger partial charge < -0.3 is 10.1 Å². The fourth-order valence-corrected chi connectivity index (χ4v) is 0.423. The number of methoxy groups -OCH3 is 1. The zero-order valence-electron chi connectivity index (χ0n) is 6.16. The molecule has 1 N–H and O–H groups in total. The highest BCUT2D eigenvalue weighted by molar-refractivity contribution is 5.90. The molecule has 0 aliphatic rings. The molecular weight excluding hydrogens is 152 g/mol. The molecule has 1 amide bonds. The molecule has 0 radical (unpaired) electrons. The molecule has 6 heteroatoms. The zero-order valence-corrected chi connectivity index (χ0v) is 6.16. The van der Waals surface area contributed by atoms with Crippen molar-refractivity contribution in [2.24, 2.45) is 0 Å². The second-order valence-electron chi connectivity index (χ2n) is 1.56. The minimum atomic E-state index is -0.756. The van der Waals surface area contributed by atoms with Gasteiger partial charge >= 0.3 is 0 Å².